The van der Waals surface area contributed by atoms with Gasteiger partial charge < -0.3 is 25.2 Å². The maximum atomic E-state index is 14.8. The van der Waals surface area contributed by atoms with Crippen molar-refractivity contribution in [2.24, 2.45) is 16.3 Å². The van der Waals surface area contributed by atoms with Crippen molar-refractivity contribution in [1.29, 1.82) is 0 Å². The molecule has 0 amide bonds. The molecule has 2 fully saturated rings. The molecule has 0 aliphatic carbocycles. The highest BCUT2D eigenvalue weighted by atomic mass is 19.1. The van der Waals surface area contributed by atoms with Crippen LogP contribution in [0.5, 0.6) is 0 Å². The molecule has 6 nitrogen and oxygen atoms in total. The van der Waals surface area contributed by atoms with E-state index in [1.54, 1.807) is 13.1 Å². The van der Waals surface area contributed by atoms with E-state index in [9.17, 15) is 4.39 Å². The molecular formula is C25H42FN5O. The summed E-state index contributed by atoms with van der Waals surface area (Å²) in [5, 5.41) is 6.78. The van der Waals surface area contributed by atoms with Crippen molar-refractivity contribution in [2.75, 3.05) is 57.8 Å². The zero-order chi connectivity index (χ0) is 23.1. The predicted octanol–water partition coefficient (Wildman–Crippen LogP) is 3.47. The highest BCUT2D eigenvalue weighted by Gasteiger charge is 2.35. The molecule has 0 bridgehead atoms. The number of aliphatic imine (C=N–C) groups is 1. The van der Waals surface area contributed by atoms with Crippen LogP contribution in [-0.2, 0) is 11.3 Å². The smallest absolute Gasteiger partial charge is 0.191 e. The van der Waals surface area contributed by atoms with Gasteiger partial charge in [0.25, 0.3) is 0 Å². The zero-order valence-corrected chi connectivity index (χ0v) is 20.6. The third-order valence-electron chi connectivity index (χ3n) is 6.69. The number of benzene rings is 1. The van der Waals surface area contributed by atoms with E-state index in [4.69, 9.17) is 4.74 Å². The number of nitrogens with one attached hydrogen (secondary N) is 2. The SMILES string of the molecule is CCN1CCN(c2ccc(CNC(=NC)NCC3CCCOC3C(C)(C)C)cc2F)CC1. The maximum absolute atomic E-state index is 14.8. The Balaban J connectivity index is 1.51. The lowest BCUT2D eigenvalue weighted by Crippen LogP contribution is -2.47. The highest BCUT2D eigenvalue weighted by molar-refractivity contribution is 5.79. The summed E-state index contributed by atoms with van der Waals surface area (Å²) in [4.78, 5) is 8.90. The predicted molar refractivity (Wildman–Crippen MR) is 131 cm³/mol. The minimum atomic E-state index is -0.149. The van der Waals surface area contributed by atoms with Gasteiger partial charge in [0, 0.05) is 58.8 Å². The molecule has 2 saturated heterocycles. The van der Waals surface area contributed by atoms with Gasteiger partial charge in [0.15, 0.2) is 5.96 Å². The Labute approximate surface area is 193 Å². The summed E-state index contributed by atoms with van der Waals surface area (Å²) in [6, 6.07) is 5.57. The van der Waals surface area contributed by atoms with Gasteiger partial charge in [0.1, 0.15) is 5.82 Å². The van der Waals surface area contributed by atoms with Crippen LogP contribution in [0, 0.1) is 17.2 Å². The second-order valence-electron chi connectivity index (χ2n) is 10.1. The summed E-state index contributed by atoms with van der Waals surface area (Å²) in [7, 11) is 1.77. The van der Waals surface area contributed by atoms with Crippen LogP contribution in [0.25, 0.3) is 0 Å². The lowest BCUT2D eigenvalue weighted by atomic mass is 9.78. The van der Waals surface area contributed by atoms with Crippen LogP contribution in [0.4, 0.5) is 10.1 Å². The van der Waals surface area contributed by atoms with Gasteiger partial charge in [-0.1, -0.05) is 33.8 Å². The van der Waals surface area contributed by atoms with Crippen molar-refractivity contribution in [1.82, 2.24) is 15.5 Å². The van der Waals surface area contributed by atoms with E-state index < -0.39 is 0 Å². The van der Waals surface area contributed by atoms with E-state index in [-0.39, 0.29) is 17.3 Å². The molecular weight excluding hydrogens is 405 g/mol. The number of nitrogens with zero attached hydrogens (tertiary/aromatic N) is 3. The summed E-state index contributed by atoms with van der Waals surface area (Å²) < 4.78 is 20.9. The molecule has 7 heteroatoms. The van der Waals surface area contributed by atoms with E-state index in [0.717, 1.165) is 70.2 Å². The molecule has 2 heterocycles. The van der Waals surface area contributed by atoms with Gasteiger partial charge in [-0.05, 0) is 42.5 Å². The molecule has 1 aromatic rings. The molecule has 32 heavy (non-hydrogen) atoms. The van der Waals surface area contributed by atoms with Gasteiger partial charge in [-0.3, -0.25) is 4.99 Å². The monoisotopic (exact) mass is 447 g/mol. The molecule has 2 atom stereocenters. The molecule has 2 N–H and O–H groups in total. The van der Waals surface area contributed by atoms with Crippen molar-refractivity contribution in [3.05, 3.63) is 29.6 Å². The van der Waals surface area contributed by atoms with Crippen molar-refractivity contribution < 1.29 is 9.13 Å². The first-order valence-electron chi connectivity index (χ1n) is 12.1. The third-order valence-corrected chi connectivity index (χ3v) is 6.69. The number of hydrogen-bond donors (Lipinski definition) is 2. The molecule has 180 valence electrons. The van der Waals surface area contributed by atoms with Gasteiger partial charge >= 0.3 is 0 Å². The van der Waals surface area contributed by atoms with Crippen LogP contribution in [0.15, 0.2) is 23.2 Å². The first-order valence-corrected chi connectivity index (χ1v) is 12.1. The van der Waals surface area contributed by atoms with Crippen LogP contribution < -0.4 is 15.5 Å². The fourth-order valence-electron chi connectivity index (χ4n) is 4.87. The Hall–Kier alpha value is -1.86. The van der Waals surface area contributed by atoms with E-state index in [2.05, 4.69) is 53.1 Å². The van der Waals surface area contributed by atoms with E-state index in [1.165, 1.54) is 0 Å². The van der Waals surface area contributed by atoms with Crippen LogP contribution >= 0.6 is 0 Å². The minimum absolute atomic E-state index is 0.117. The number of ether oxygens (including phenoxy) is 1. The molecule has 0 saturated carbocycles. The quantitative estimate of drug-likeness (QED) is 0.517. The van der Waals surface area contributed by atoms with Crippen molar-refractivity contribution in [2.45, 2.75) is 53.2 Å². The summed E-state index contributed by atoms with van der Waals surface area (Å²) in [5.41, 5.74) is 1.74. The topological polar surface area (TPSA) is 52.1 Å². The van der Waals surface area contributed by atoms with Gasteiger partial charge in [0.05, 0.1) is 11.8 Å². The molecule has 1 aromatic carbocycles. The Bertz CT molecular complexity index is 755. The minimum Gasteiger partial charge on any atom is -0.377 e. The summed E-state index contributed by atoms with van der Waals surface area (Å²) in [5.74, 6) is 1.04. The number of anilines is 1. The van der Waals surface area contributed by atoms with Crippen LogP contribution in [0.1, 0.15) is 46.1 Å². The molecule has 0 radical (unpaired) electrons. The van der Waals surface area contributed by atoms with E-state index >= 15 is 0 Å². The second-order valence-corrected chi connectivity index (χ2v) is 10.1. The molecule has 2 aliphatic rings. The Morgan fingerprint density at radius 2 is 1.94 bits per heavy atom. The average molecular weight is 448 g/mol. The van der Waals surface area contributed by atoms with Crippen molar-refractivity contribution >= 4 is 11.6 Å². The third kappa shape index (κ3) is 6.58. The summed E-state index contributed by atoms with van der Waals surface area (Å²) >= 11 is 0. The first kappa shape index (κ1) is 24.8. The van der Waals surface area contributed by atoms with Crippen LogP contribution in [-0.4, -0.2) is 69.9 Å². The highest BCUT2D eigenvalue weighted by Crippen LogP contribution is 2.33. The Kier molecular flexibility index (Phi) is 8.77. The summed E-state index contributed by atoms with van der Waals surface area (Å²) in [6.07, 6.45) is 2.50. The molecule has 2 unspecified atom stereocenters. The number of rotatable bonds is 6. The number of halogens is 1. The summed E-state index contributed by atoms with van der Waals surface area (Å²) in [6.45, 7) is 15.9. The molecule has 3 rings (SSSR count). The number of likely N-dealkylation sites (N-methyl/N-ethyl adjacent to an activating group) is 1. The van der Waals surface area contributed by atoms with Gasteiger partial charge in [-0.2, -0.15) is 0 Å². The fraction of sp³-hybridized carbons (Fsp3) is 0.720. The van der Waals surface area contributed by atoms with Crippen LogP contribution in [0.2, 0.25) is 0 Å². The molecule has 0 spiro atoms. The van der Waals surface area contributed by atoms with Gasteiger partial charge in [0.2, 0.25) is 0 Å². The average Bonchev–Trinajstić information content (AvgIpc) is 2.79. The fourth-order valence-corrected chi connectivity index (χ4v) is 4.87. The number of guanidine groups is 1. The Morgan fingerprint density at radius 1 is 1.19 bits per heavy atom. The van der Waals surface area contributed by atoms with Gasteiger partial charge in [-0.15, -0.1) is 0 Å². The first-order chi connectivity index (χ1) is 15.3. The van der Waals surface area contributed by atoms with Crippen LogP contribution in [0.3, 0.4) is 0 Å². The second kappa shape index (κ2) is 11.3. The van der Waals surface area contributed by atoms with Crippen molar-refractivity contribution in [3.63, 3.8) is 0 Å². The molecule has 2 aliphatic heterocycles. The standard InChI is InChI=1S/C25H42FN5O/c1-6-30-11-13-31(14-12-30)22-10-9-19(16-21(22)26)17-28-24(27-5)29-18-20-8-7-15-32-23(20)25(2,3)4/h9-10,16,20,23H,6-8,11-15,17-18H2,1-5H3,(H2,27,28,29). The molecule has 0 aromatic heterocycles. The number of piperazine rings is 1. The lowest BCUT2D eigenvalue weighted by Gasteiger charge is -2.40. The normalized spacial score (nSPS) is 23.3. The van der Waals surface area contributed by atoms with Gasteiger partial charge in [-0.25, -0.2) is 4.39 Å². The number of hydrogen-bond acceptors (Lipinski definition) is 4. The van der Waals surface area contributed by atoms with E-state index in [1.807, 2.05) is 12.1 Å². The maximum Gasteiger partial charge on any atom is 0.191 e. The Morgan fingerprint density at radius 3 is 2.56 bits per heavy atom. The lowest BCUT2D eigenvalue weighted by molar-refractivity contribution is -0.0835. The van der Waals surface area contributed by atoms with E-state index in [0.29, 0.717) is 18.2 Å². The zero-order valence-electron chi connectivity index (χ0n) is 20.6. The largest absolute Gasteiger partial charge is 0.377 e. The van der Waals surface area contributed by atoms with Crippen molar-refractivity contribution in [3.8, 4) is 0 Å².